The molecule has 0 saturated carbocycles. The van der Waals surface area contributed by atoms with E-state index in [1.807, 2.05) is 17.7 Å². The molecule has 1 aromatic heterocycles. The van der Waals surface area contributed by atoms with Gasteiger partial charge in [-0.05, 0) is 6.07 Å². The molecule has 0 aromatic carbocycles. The van der Waals surface area contributed by atoms with Crippen LogP contribution in [-0.4, -0.2) is 4.57 Å². The number of rotatable bonds is 1. The van der Waals surface area contributed by atoms with Gasteiger partial charge in [-0.2, -0.15) is 5.26 Å². The lowest BCUT2D eigenvalue weighted by atomic mass is 10.3. The van der Waals surface area contributed by atoms with Crippen molar-refractivity contribution in [2.75, 3.05) is 0 Å². The van der Waals surface area contributed by atoms with Crippen molar-refractivity contribution in [2.24, 2.45) is 12.8 Å². The Morgan fingerprint density at radius 2 is 2.50 bits per heavy atom. The van der Waals surface area contributed by atoms with Gasteiger partial charge in [0.15, 0.2) is 0 Å². The fourth-order valence-corrected chi connectivity index (χ4v) is 0.874. The smallest absolute Gasteiger partial charge is 0.101 e. The normalized spacial score (nSPS) is 9.30. The van der Waals surface area contributed by atoms with Gasteiger partial charge in [-0.15, -0.1) is 0 Å². The third kappa shape index (κ3) is 1.02. The molecule has 1 heterocycles. The molecule has 0 bridgehead atoms. The second-order valence-corrected chi connectivity index (χ2v) is 2.15. The lowest BCUT2D eigenvalue weighted by Crippen LogP contribution is -2.01. The van der Waals surface area contributed by atoms with Gasteiger partial charge in [0, 0.05) is 25.5 Å². The van der Waals surface area contributed by atoms with Gasteiger partial charge in [0.25, 0.3) is 0 Å². The molecule has 0 aliphatic carbocycles. The van der Waals surface area contributed by atoms with E-state index >= 15 is 0 Å². The molecule has 0 radical (unpaired) electrons. The number of nitrogens with two attached hydrogens (primary N) is 1. The standard InChI is InChI=1S/C7H9N3/c1-10-5-6(3-8)2-7(10)4-9/h2,5H,4,9H2,1H3. The molecule has 2 N–H and O–H groups in total. The predicted molar refractivity (Wildman–Crippen MR) is 38.0 cm³/mol. The molecular formula is C7H9N3. The molecule has 0 saturated heterocycles. The summed E-state index contributed by atoms with van der Waals surface area (Å²) in [5.41, 5.74) is 7.04. The zero-order valence-corrected chi connectivity index (χ0v) is 5.83. The monoisotopic (exact) mass is 135 g/mol. The lowest BCUT2D eigenvalue weighted by Gasteiger charge is -1.94. The highest BCUT2D eigenvalue weighted by atomic mass is 14.9. The van der Waals surface area contributed by atoms with Crippen LogP contribution in [0.25, 0.3) is 0 Å². The molecule has 1 rings (SSSR count). The second kappa shape index (κ2) is 2.54. The van der Waals surface area contributed by atoms with Crippen LogP contribution >= 0.6 is 0 Å². The van der Waals surface area contributed by atoms with E-state index < -0.39 is 0 Å². The fraction of sp³-hybridized carbons (Fsp3) is 0.286. The number of aromatic nitrogens is 1. The Bertz CT molecular complexity index is 267. The number of aryl methyl sites for hydroxylation is 1. The highest BCUT2D eigenvalue weighted by molar-refractivity contribution is 5.29. The molecule has 0 unspecified atom stereocenters. The Kier molecular flexibility index (Phi) is 1.74. The van der Waals surface area contributed by atoms with E-state index in [4.69, 9.17) is 11.0 Å². The molecule has 0 atom stereocenters. The number of hydrogen-bond donors (Lipinski definition) is 1. The summed E-state index contributed by atoms with van der Waals surface area (Å²) in [5.74, 6) is 0. The van der Waals surface area contributed by atoms with Crippen molar-refractivity contribution >= 4 is 0 Å². The number of nitriles is 1. The Morgan fingerprint density at radius 3 is 2.80 bits per heavy atom. The molecule has 0 aliphatic heterocycles. The zero-order chi connectivity index (χ0) is 7.56. The summed E-state index contributed by atoms with van der Waals surface area (Å²) >= 11 is 0. The first-order valence-electron chi connectivity index (χ1n) is 3.03. The summed E-state index contributed by atoms with van der Waals surface area (Å²) < 4.78 is 1.86. The molecular weight excluding hydrogens is 126 g/mol. The largest absolute Gasteiger partial charge is 0.352 e. The van der Waals surface area contributed by atoms with Crippen LogP contribution in [0.15, 0.2) is 12.3 Å². The average Bonchev–Trinajstić information content (AvgIpc) is 2.30. The van der Waals surface area contributed by atoms with Crippen LogP contribution in [0.2, 0.25) is 0 Å². The van der Waals surface area contributed by atoms with E-state index in [-0.39, 0.29) is 0 Å². The van der Waals surface area contributed by atoms with Crippen LogP contribution < -0.4 is 5.73 Å². The Morgan fingerprint density at radius 1 is 1.80 bits per heavy atom. The molecule has 10 heavy (non-hydrogen) atoms. The Balaban J connectivity index is 3.07. The van der Waals surface area contributed by atoms with Gasteiger partial charge in [-0.3, -0.25) is 0 Å². The number of nitrogens with zero attached hydrogens (tertiary/aromatic N) is 2. The molecule has 0 aliphatic rings. The van der Waals surface area contributed by atoms with Crippen molar-refractivity contribution in [1.82, 2.24) is 4.57 Å². The van der Waals surface area contributed by atoms with E-state index in [0.717, 1.165) is 5.69 Å². The van der Waals surface area contributed by atoms with Crippen LogP contribution in [0.4, 0.5) is 0 Å². The van der Waals surface area contributed by atoms with Crippen LogP contribution in [0.3, 0.4) is 0 Å². The SMILES string of the molecule is Cn1cc(C#N)cc1CN. The number of hydrogen-bond acceptors (Lipinski definition) is 2. The van der Waals surface area contributed by atoms with Gasteiger partial charge < -0.3 is 10.3 Å². The third-order valence-electron chi connectivity index (χ3n) is 1.45. The van der Waals surface area contributed by atoms with Crippen molar-refractivity contribution in [3.05, 3.63) is 23.5 Å². The lowest BCUT2D eigenvalue weighted by molar-refractivity contribution is 0.824. The fourth-order valence-electron chi connectivity index (χ4n) is 0.874. The van der Waals surface area contributed by atoms with Gasteiger partial charge in [0.05, 0.1) is 5.56 Å². The van der Waals surface area contributed by atoms with Gasteiger partial charge in [-0.25, -0.2) is 0 Å². The van der Waals surface area contributed by atoms with Crippen LogP contribution in [-0.2, 0) is 13.6 Å². The molecule has 3 nitrogen and oxygen atoms in total. The summed E-state index contributed by atoms with van der Waals surface area (Å²) in [7, 11) is 1.88. The minimum Gasteiger partial charge on any atom is -0.352 e. The summed E-state index contributed by atoms with van der Waals surface area (Å²) in [6, 6.07) is 3.84. The summed E-state index contributed by atoms with van der Waals surface area (Å²) in [4.78, 5) is 0. The molecule has 0 spiro atoms. The molecule has 0 fully saturated rings. The van der Waals surface area contributed by atoms with Crippen molar-refractivity contribution in [2.45, 2.75) is 6.54 Å². The first-order valence-corrected chi connectivity index (χ1v) is 3.03. The van der Waals surface area contributed by atoms with Crippen molar-refractivity contribution in [1.29, 1.82) is 5.26 Å². The van der Waals surface area contributed by atoms with Gasteiger partial charge in [-0.1, -0.05) is 0 Å². The van der Waals surface area contributed by atoms with E-state index in [1.54, 1.807) is 12.3 Å². The quantitative estimate of drug-likeness (QED) is 0.604. The predicted octanol–water partition coefficient (Wildman–Crippen LogP) is 0.355. The highest BCUT2D eigenvalue weighted by Gasteiger charge is 1.98. The third-order valence-corrected chi connectivity index (χ3v) is 1.45. The highest BCUT2D eigenvalue weighted by Crippen LogP contribution is 2.03. The second-order valence-electron chi connectivity index (χ2n) is 2.15. The van der Waals surface area contributed by atoms with Gasteiger partial charge in [0.2, 0.25) is 0 Å². The van der Waals surface area contributed by atoms with Crippen molar-refractivity contribution < 1.29 is 0 Å². The van der Waals surface area contributed by atoms with Crippen molar-refractivity contribution in [3.8, 4) is 6.07 Å². The molecule has 1 aromatic rings. The molecule has 52 valence electrons. The maximum absolute atomic E-state index is 8.47. The van der Waals surface area contributed by atoms with Crippen LogP contribution in [0.5, 0.6) is 0 Å². The van der Waals surface area contributed by atoms with E-state index in [2.05, 4.69) is 0 Å². The van der Waals surface area contributed by atoms with E-state index in [1.165, 1.54) is 0 Å². The minimum atomic E-state index is 0.484. The molecule has 3 heteroatoms. The summed E-state index contributed by atoms with van der Waals surface area (Å²) in [6.07, 6.45) is 1.77. The Hall–Kier alpha value is -1.27. The summed E-state index contributed by atoms with van der Waals surface area (Å²) in [6.45, 7) is 0.484. The average molecular weight is 135 g/mol. The molecule has 0 amide bonds. The minimum absolute atomic E-state index is 0.484. The maximum atomic E-state index is 8.47. The zero-order valence-electron chi connectivity index (χ0n) is 5.83. The first kappa shape index (κ1) is 6.84. The van der Waals surface area contributed by atoms with Gasteiger partial charge >= 0.3 is 0 Å². The Labute approximate surface area is 59.7 Å². The van der Waals surface area contributed by atoms with Crippen molar-refractivity contribution in [3.63, 3.8) is 0 Å². The first-order chi connectivity index (χ1) is 4.77. The van der Waals surface area contributed by atoms with E-state index in [0.29, 0.717) is 12.1 Å². The summed E-state index contributed by atoms with van der Waals surface area (Å²) in [5, 5.41) is 8.47. The topological polar surface area (TPSA) is 54.7 Å². The van der Waals surface area contributed by atoms with Crippen LogP contribution in [0.1, 0.15) is 11.3 Å². The van der Waals surface area contributed by atoms with E-state index in [9.17, 15) is 0 Å². The van der Waals surface area contributed by atoms with Gasteiger partial charge in [0.1, 0.15) is 6.07 Å². The maximum Gasteiger partial charge on any atom is 0.101 e. The van der Waals surface area contributed by atoms with Crippen LogP contribution in [0, 0.1) is 11.3 Å².